The van der Waals surface area contributed by atoms with Crippen molar-refractivity contribution in [2.45, 2.75) is 12.1 Å². The summed E-state index contributed by atoms with van der Waals surface area (Å²) in [5, 5.41) is 4.51. The molecule has 3 amide bonds. The molecule has 3 aliphatic rings. The Morgan fingerprint density at radius 3 is 2.86 bits per heavy atom. The average molecular weight is 548 g/mol. The number of anilines is 2. The Labute approximate surface area is 219 Å². The molecule has 0 spiro atoms. The van der Waals surface area contributed by atoms with Crippen LogP contribution in [-0.4, -0.2) is 63.0 Å². The maximum atomic E-state index is 12.9. The number of halogens is 2. The van der Waals surface area contributed by atoms with Crippen molar-refractivity contribution in [2.24, 2.45) is 0 Å². The molecule has 186 valence electrons. The number of nitrogens with zero attached hydrogens (tertiary/aromatic N) is 2. The fraction of sp³-hybridized carbons (Fsp3) is 0.292. The molecule has 2 saturated heterocycles. The summed E-state index contributed by atoms with van der Waals surface area (Å²) < 4.78 is 17.5. The molecule has 2 aromatic carbocycles. The van der Waals surface area contributed by atoms with Crippen LogP contribution in [0.25, 0.3) is 10.1 Å². The molecular weight excluding hydrogens is 529 g/mol. The van der Waals surface area contributed by atoms with Crippen molar-refractivity contribution in [1.82, 2.24) is 5.32 Å². The Bertz CT molecular complexity index is 1410. The fourth-order valence-electron chi connectivity index (χ4n) is 4.61. The summed E-state index contributed by atoms with van der Waals surface area (Å²) >= 11 is 13.7. The number of morpholine rings is 1. The van der Waals surface area contributed by atoms with Crippen molar-refractivity contribution in [1.29, 1.82) is 0 Å². The highest BCUT2D eigenvalue weighted by molar-refractivity contribution is 7.21. The van der Waals surface area contributed by atoms with Crippen LogP contribution in [-0.2, 0) is 14.3 Å². The van der Waals surface area contributed by atoms with Crippen molar-refractivity contribution in [3.05, 3.63) is 51.3 Å². The molecule has 1 N–H and O–H groups in total. The van der Waals surface area contributed by atoms with Gasteiger partial charge in [-0.2, -0.15) is 0 Å². The minimum atomic E-state index is -0.613. The van der Waals surface area contributed by atoms with E-state index < -0.39 is 18.2 Å². The molecule has 0 aliphatic carbocycles. The summed E-state index contributed by atoms with van der Waals surface area (Å²) in [5.41, 5.74) is 1.23. The molecule has 0 saturated carbocycles. The minimum absolute atomic E-state index is 0.0341. The van der Waals surface area contributed by atoms with Gasteiger partial charge < -0.3 is 24.4 Å². The third-order valence-electron chi connectivity index (χ3n) is 6.38. The van der Waals surface area contributed by atoms with E-state index in [0.29, 0.717) is 45.2 Å². The second-order valence-electron chi connectivity index (χ2n) is 8.52. The maximum absolute atomic E-state index is 12.9. The molecule has 3 aliphatic heterocycles. The number of carbonyl (C=O) groups excluding carboxylic acids is 3. The quantitative estimate of drug-likeness (QED) is 0.528. The second kappa shape index (κ2) is 9.11. The van der Waals surface area contributed by atoms with Crippen LogP contribution in [0.2, 0.25) is 10.0 Å². The molecule has 9 nitrogen and oxygen atoms in total. The summed E-state index contributed by atoms with van der Waals surface area (Å²) in [6.07, 6.45) is -1.13. The van der Waals surface area contributed by atoms with E-state index in [4.69, 9.17) is 37.4 Å². The Balaban J connectivity index is 1.17. The van der Waals surface area contributed by atoms with Crippen LogP contribution in [0.15, 0.2) is 36.4 Å². The van der Waals surface area contributed by atoms with Crippen molar-refractivity contribution >= 4 is 73.9 Å². The number of carbonyl (C=O) groups is 3. The van der Waals surface area contributed by atoms with Gasteiger partial charge in [-0.3, -0.25) is 14.5 Å². The number of fused-ring (bicyclic) bond motifs is 4. The van der Waals surface area contributed by atoms with Crippen LogP contribution >= 0.6 is 34.5 Å². The molecule has 4 heterocycles. The van der Waals surface area contributed by atoms with Gasteiger partial charge in [-0.25, -0.2) is 4.79 Å². The zero-order chi connectivity index (χ0) is 25.0. The van der Waals surface area contributed by atoms with Crippen LogP contribution in [0, 0.1) is 0 Å². The topological polar surface area (TPSA) is 97.4 Å². The molecule has 0 bridgehead atoms. The molecular formula is C24H19Cl2N3O6S. The zero-order valence-corrected chi connectivity index (χ0v) is 21.0. The number of benzene rings is 2. The van der Waals surface area contributed by atoms with Crippen molar-refractivity contribution in [2.75, 3.05) is 42.7 Å². The largest absolute Gasteiger partial charge is 0.489 e. The molecule has 3 aromatic rings. The smallest absolute Gasteiger partial charge is 0.415 e. The van der Waals surface area contributed by atoms with E-state index in [0.717, 1.165) is 10.1 Å². The lowest BCUT2D eigenvalue weighted by Gasteiger charge is -2.33. The van der Waals surface area contributed by atoms with E-state index in [1.165, 1.54) is 16.2 Å². The van der Waals surface area contributed by atoms with Gasteiger partial charge in [-0.05, 0) is 24.3 Å². The van der Waals surface area contributed by atoms with Crippen LogP contribution in [0.1, 0.15) is 9.67 Å². The van der Waals surface area contributed by atoms with Crippen LogP contribution < -0.4 is 19.9 Å². The lowest BCUT2D eigenvalue weighted by Crippen LogP contribution is -2.48. The van der Waals surface area contributed by atoms with Gasteiger partial charge in [0, 0.05) is 33.4 Å². The number of thiophene rings is 1. The van der Waals surface area contributed by atoms with Crippen LogP contribution in [0.4, 0.5) is 16.2 Å². The first kappa shape index (κ1) is 23.4. The number of hydrogen-bond donors (Lipinski definition) is 1. The van der Waals surface area contributed by atoms with Gasteiger partial charge in [-0.15, -0.1) is 11.3 Å². The zero-order valence-electron chi connectivity index (χ0n) is 18.7. The lowest BCUT2D eigenvalue weighted by atomic mass is 10.1. The van der Waals surface area contributed by atoms with Gasteiger partial charge in [-0.1, -0.05) is 29.3 Å². The highest BCUT2D eigenvalue weighted by Gasteiger charge is 2.46. The third-order valence-corrected chi connectivity index (χ3v) is 8.27. The number of rotatable bonds is 4. The summed E-state index contributed by atoms with van der Waals surface area (Å²) in [7, 11) is 0. The third kappa shape index (κ3) is 3.94. The van der Waals surface area contributed by atoms with E-state index in [2.05, 4.69) is 5.32 Å². The molecule has 2 fully saturated rings. The highest BCUT2D eigenvalue weighted by atomic mass is 35.5. The van der Waals surface area contributed by atoms with Gasteiger partial charge in [0.1, 0.15) is 36.0 Å². The van der Waals surface area contributed by atoms with Crippen molar-refractivity contribution in [3.63, 3.8) is 0 Å². The van der Waals surface area contributed by atoms with E-state index in [9.17, 15) is 14.4 Å². The molecule has 2 atom stereocenters. The normalized spacial score (nSPS) is 21.2. The summed E-state index contributed by atoms with van der Waals surface area (Å²) in [6, 6.07) is 10.1. The lowest BCUT2D eigenvalue weighted by molar-refractivity contribution is -0.125. The number of nitrogens with one attached hydrogen (secondary N) is 1. The van der Waals surface area contributed by atoms with Gasteiger partial charge in [0.25, 0.3) is 11.8 Å². The molecule has 1 aromatic heterocycles. The molecule has 0 radical (unpaired) electrons. The Hall–Kier alpha value is -3.05. The van der Waals surface area contributed by atoms with E-state index in [-0.39, 0.29) is 31.6 Å². The summed E-state index contributed by atoms with van der Waals surface area (Å²) in [6.45, 7) is 1.22. The highest BCUT2D eigenvalue weighted by Crippen LogP contribution is 2.41. The molecule has 6 rings (SSSR count). The first-order chi connectivity index (χ1) is 17.4. The number of hydrogen-bond acceptors (Lipinski definition) is 7. The van der Waals surface area contributed by atoms with Crippen molar-refractivity contribution in [3.8, 4) is 5.75 Å². The van der Waals surface area contributed by atoms with E-state index in [1.807, 2.05) is 0 Å². The molecule has 36 heavy (non-hydrogen) atoms. The first-order valence-electron chi connectivity index (χ1n) is 11.2. The van der Waals surface area contributed by atoms with Gasteiger partial charge in [0.05, 0.1) is 23.9 Å². The van der Waals surface area contributed by atoms with E-state index in [1.54, 1.807) is 41.3 Å². The minimum Gasteiger partial charge on any atom is -0.489 e. The Kier molecular flexibility index (Phi) is 5.91. The second-order valence-corrected chi connectivity index (χ2v) is 10.4. The van der Waals surface area contributed by atoms with Gasteiger partial charge in [0.2, 0.25) is 0 Å². The van der Waals surface area contributed by atoms with Crippen LogP contribution in [0.3, 0.4) is 0 Å². The van der Waals surface area contributed by atoms with Crippen molar-refractivity contribution < 1.29 is 28.6 Å². The Morgan fingerprint density at radius 1 is 1.17 bits per heavy atom. The first-order valence-corrected chi connectivity index (χ1v) is 12.8. The summed E-state index contributed by atoms with van der Waals surface area (Å²) in [4.78, 5) is 41.4. The average Bonchev–Trinajstić information content (AvgIpc) is 3.38. The molecule has 12 heteroatoms. The number of amides is 3. The predicted molar refractivity (Wildman–Crippen MR) is 136 cm³/mol. The van der Waals surface area contributed by atoms with Gasteiger partial charge in [0.15, 0.2) is 0 Å². The Morgan fingerprint density at radius 2 is 2.03 bits per heavy atom. The summed E-state index contributed by atoms with van der Waals surface area (Å²) in [5.74, 6) is -0.00252. The van der Waals surface area contributed by atoms with Gasteiger partial charge >= 0.3 is 6.09 Å². The SMILES string of the molecule is O=C(NC[C@@H]1OC(=O)N2c3ccc(N4CCOCC4=O)cc3OC[C@@H]12)c1sc2cc(Cl)ccc2c1Cl. The predicted octanol–water partition coefficient (Wildman–Crippen LogP) is 4.09. The van der Waals surface area contributed by atoms with Crippen LogP contribution in [0.5, 0.6) is 5.75 Å². The maximum Gasteiger partial charge on any atom is 0.415 e. The van der Waals surface area contributed by atoms with E-state index >= 15 is 0 Å². The fourth-order valence-corrected chi connectivity index (χ4v) is 6.32. The molecule has 0 unspecified atom stereocenters. The number of cyclic esters (lactones) is 1. The number of ether oxygens (including phenoxy) is 3. The standard InChI is InChI=1S/C24H19Cl2N3O6S/c25-12-1-3-14-19(7-12)36-22(21(14)26)23(31)27-9-18-16-10-34-17-8-13(28-5-6-33-11-20(28)30)2-4-15(17)29(16)24(32)35-18/h1-4,7-8,16,18H,5-6,9-11H2,(H,27,31)/t16-,18-/m0/s1. The monoisotopic (exact) mass is 547 g/mol.